The van der Waals surface area contributed by atoms with Crippen LogP contribution in [-0.4, -0.2) is 5.11 Å². The van der Waals surface area contributed by atoms with Crippen LogP contribution in [0.25, 0.3) is 0 Å². The molecule has 1 rings (SSSR count). The summed E-state index contributed by atoms with van der Waals surface area (Å²) in [5, 5.41) is 10.5. The van der Waals surface area contributed by atoms with E-state index in [1.807, 2.05) is 6.92 Å². The minimum Gasteiger partial charge on any atom is -0.385 e. The van der Waals surface area contributed by atoms with Gasteiger partial charge in [-0.3, -0.25) is 0 Å². The molecule has 0 saturated carbocycles. The number of benzene rings is 1. The second-order valence-corrected chi connectivity index (χ2v) is 4.83. The molecule has 0 heterocycles. The minimum absolute atomic E-state index is 0.277. The highest BCUT2D eigenvalue weighted by atomic mass is 16.3. The van der Waals surface area contributed by atoms with Crippen LogP contribution >= 0.6 is 0 Å². The molecule has 0 aliphatic heterocycles. The van der Waals surface area contributed by atoms with Crippen LogP contribution in [0.2, 0.25) is 0 Å². The van der Waals surface area contributed by atoms with E-state index in [4.69, 9.17) is 0 Å². The summed E-state index contributed by atoms with van der Waals surface area (Å²) in [5.74, 6) is 0.277. The van der Waals surface area contributed by atoms with E-state index >= 15 is 0 Å². The Morgan fingerprint density at radius 2 is 1.67 bits per heavy atom. The summed E-state index contributed by atoms with van der Waals surface area (Å²) in [4.78, 5) is 0. The first-order valence-electron chi connectivity index (χ1n) is 5.69. The highest BCUT2D eigenvalue weighted by molar-refractivity contribution is 5.32. The van der Waals surface area contributed by atoms with Gasteiger partial charge in [0.05, 0.1) is 5.60 Å². The predicted octanol–water partition coefficient (Wildman–Crippen LogP) is 3.56. The zero-order valence-electron chi connectivity index (χ0n) is 10.5. The summed E-state index contributed by atoms with van der Waals surface area (Å²) in [7, 11) is 0. The second-order valence-electron chi connectivity index (χ2n) is 4.83. The molecule has 0 amide bonds. The van der Waals surface area contributed by atoms with Gasteiger partial charge in [-0.15, -0.1) is 0 Å². The lowest BCUT2D eigenvalue weighted by molar-refractivity contribution is -0.0000776. The van der Waals surface area contributed by atoms with E-state index in [0.29, 0.717) is 0 Å². The van der Waals surface area contributed by atoms with Gasteiger partial charge in [-0.25, -0.2) is 0 Å². The summed E-state index contributed by atoms with van der Waals surface area (Å²) in [6, 6.07) is 6.30. The molecular weight excluding hydrogens is 184 g/mol. The molecule has 0 bridgehead atoms. The molecule has 1 aromatic carbocycles. The standard InChI is InChI=1S/C14H22O/c1-6-12(4)14(5,15)13-8-10(2)7-11(3)9-13/h7-9,12,15H,6H2,1-5H3. The predicted molar refractivity (Wildman–Crippen MR) is 64.9 cm³/mol. The zero-order valence-corrected chi connectivity index (χ0v) is 10.5. The molecule has 15 heavy (non-hydrogen) atoms. The molecule has 2 unspecified atom stereocenters. The van der Waals surface area contributed by atoms with Crippen molar-refractivity contribution in [3.63, 3.8) is 0 Å². The van der Waals surface area contributed by atoms with Crippen LogP contribution in [0.4, 0.5) is 0 Å². The zero-order chi connectivity index (χ0) is 11.6. The molecule has 84 valence electrons. The van der Waals surface area contributed by atoms with Crippen LogP contribution < -0.4 is 0 Å². The van der Waals surface area contributed by atoms with Gasteiger partial charge in [0.15, 0.2) is 0 Å². The Morgan fingerprint density at radius 1 is 1.20 bits per heavy atom. The van der Waals surface area contributed by atoms with Gasteiger partial charge >= 0.3 is 0 Å². The van der Waals surface area contributed by atoms with Gasteiger partial charge < -0.3 is 5.11 Å². The molecule has 1 heteroatoms. The van der Waals surface area contributed by atoms with Gasteiger partial charge in [-0.2, -0.15) is 0 Å². The van der Waals surface area contributed by atoms with Gasteiger partial charge in [0.1, 0.15) is 0 Å². The largest absolute Gasteiger partial charge is 0.385 e. The van der Waals surface area contributed by atoms with Crippen molar-refractivity contribution in [1.29, 1.82) is 0 Å². The maximum absolute atomic E-state index is 10.5. The van der Waals surface area contributed by atoms with Gasteiger partial charge in [-0.1, -0.05) is 49.6 Å². The molecule has 0 aliphatic carbocycles. The minimum atomic E-state index is -0.717. The Hall–Kier alpha value is -0.820. The van der Waals surface area contributed by atoms with Crippen molar-refractivity contribution in [3.8, 4) is 0 Å². The number of rotatable bonds is 3. The monoisotopic (exact) mass is 206 g/mol. The Bertz CT molecular complexity index is 319. The molecule has 0 spiro atoms. The normalized spacial score (nSPS) is 17.2. The van der Waals surface area contributed by atoms with Crippen molar-refractivity contribution in [2.24, 2.45) is 5.92 Å². The van der Waals surface area contributed by atoms with Crippen LogP contribution in [0.5, 0.6) is 0 Å². The average molecular weight is 206 g/mol. The quantitative estimate of drug-likeness (QED) is 0.801. The average Bonchev–Trinajstić information content (AvgIpc) is 2.15. The van der Waals surface area contributed by atoms with E-state index < -0.39 is 5.60 Å². The molecule has 1 aromatic rings. The van der Waals surface area contributed by atoms with Crippen molar-refractivity contribution in [1.82, 2.24) is 0 Å². The van der Waals surface area contributed by atoms with Crippen LogP contribution in [0, 0.1) is 19.8 Å². The fraction of sp³-hybridized carbons (Fsp3) is 0.571. The second kappa shape index (κ2) is 4.36. The van der Waals surface area contributed by atoms with Crippen LogP contribution in [0.3, 0.4) is 0 Å². The number of aryl methyl sites for hydroxylation is 2. The molecular formula is C14H22O. The molecule has 2 atom stereocenters. The van der Waals surface area contributed by atoms with E-state index in [1.54, 1.807) is 0 Å². The van der Waals surface area contributed by atoms with Gasteiger partial charge in [0.25, 0.3) is 0 Å². The molecule has 0 fully saturated rings. The Labute approximate surface area is 93.1 Å². The summed E-state index contributed by atoms with van der Waals surface area (Å²) < 4.78 is 0. The first-order valence-corrected chi connectivity index (χ1v) is 5.69. The highest BCUT2D eigenvalue weighted by Gasteiger charge is 2.29. The fourth-order valence-corrected chi connectivity index (χ4v) is 1.95. The lowest BCUT2D eigenvalue weighted by Gasteiger charge is -2.30. The Morgan fingerprint density at radius 3 is 2.07 bits per heavy atom. The number of aliphatic hydroxyl groups is 1. The topological polar surface area (TPSA) is 20.2 Å². The third-order valence-corrected chi connectivity index (χ3v) is 3.38. The van der Waals surface area contributed by atoms with Crippen LogP contribution in [0.15, 0.2) is 18.2 Å². The first-order chi connectivity index (χ1) is 6.87. The lowest BCUT2D eigenvalue weighted by atomic mass is 9.81. The third-order valence-electron chi connectivity index (χ3n) is 3.38. The Kier molecular flexibility index (Phi) is 3.56. The highest BCUT2D eigenvalue weighted by Crippen LogP contribution is 2.32. The molecule has 0 radical (unpaired) electrons. The van der Waals surface area contributed by atoms with Crippen LogP contribution in [-0.2, 0) is 5.60 Å². The maximum atomic E-state index is 10.5. The van der Waals surface area contributed by atoms with Crippen molar-refractivity contribution in [2.45, 2.75) is 46.6 Å². The lowest BCUT2D eigenvalue weighted by Crippen LogP contribution is -2.29. The smallest absolute Gasteiger partial charge is 0.0894 e. The van der Waals surface area contributed by atoms with Crippen LogP contribution in [0.1, 0.15) is 43.9 Å². The molecule has 0 aromatic heterocycles. The van der Waals surface area contributed by atoms with E-state index in [0.717, 1.165) is 12.0 Å². The number of hydrogen-bond acceptors (Lipinski definition) is 1. The summed E-state index contributed by atoms with van der Waals surface area (Å²) in [5.41, 5.74) is 2.75. The SMILES string of the molecule is CCC(C)C(C)(O)c1cc(C)cc(C)c1. The van der Waals surface area contributed by atoms with Crippen molar-refractivity contribution >= 4 is 0 Å². The first kappa shape index (κ1) is 12.3. The van der Waals surface area contributed by atoms with Crippen molar-refractivity contribution in [2.75, 3.05) is 0 Å². The van der Waals surface area contributed by atoms with Gasteiger partial charge in [-0.05, 0) is 32.3 Å². The van der Waals surface area contributed by atoms with Gasteiger partial charge in [0.2, 0.25) is 0 Å². The summed E-state index contributed by atoms with van der Waals surface area (Å²) >= 11 is 0. The molecule has 0 aliphatic rings. The van der Waals surface area contributed by atoms with E-state index in [2.05, 4.69) is 45.9 Å². The summed E-state index contributed by atoms with van der Waals surface area (Å²) in [6.45, 7) is 10.3. The van der Waals surface area contributed by atoms with Crippen molar-refractivity contribution in [3.05, 3.63) is 34.9 Å². The maximum Gasteiger partial charge on any atom is 0.0894 e. The summed E-state index contributed by atoms with van der Waals surface area (Å²) in [6.07, 6.45) is 0.986. The molecule has 1 N–H and O–H groups in total. The number of hydrogen-bond donors (Lipinski definition) is 1. The van der Waals surface area contributed by atoms with Gasteiger partial charge in [0, 0.05) is 0 Å². The molecule has 1 nitrogen and oxygen atoms in total. The Balaban J connectivity index is 3.14. The van der Waals surface area contributed by atoms with E-state index in [-0.39, 0.29) is 5.92 Å². The molecule has 0 saturated heterocycles. The van der Waals surface area contributed by atoms with E-state index in [9.17, 15) is 5.11 Å². The third kappa shape index (κ3) is 2.60. The van der Waals surface area contributed by atoms with E-state index in [1.165, 1.54) is 11.1 Å². The fourth-order valence-electron chi connectivity index (χ4n) is 1.95. The van der Waals surface area contributed by atoms with Crippen molar-refractivity contribution < 1.29 is 5.11 Å².